The lowest BCUT2D eigenvalue weighted by Crippen LogP contribution is -2.40. The maximum absolute atomic E-state index is 5.75. The third-order valence-corrected chi connectivity index (χ3v) is 3.50. The van der Waals surface area contributed by atoms with Gasteiger partial charge < -0.3 is 9.47 Å². The average Bonchev–Trinajstić information content (AvgIpc) is 3.20. The Morgan fingerprint density at radius 3 is 2.26 bits per heavy atom. The Kier molecular flexibility index (Phi) is 4.80. The van der Waals surface area contributed by atoms with Crippen molar-refractivity contribution in [3.05, 3.63) is 29.8 Å². The molecule has 0 heterocycles. The van der Waals surface area contributed by atoms with E-state index in [1.165, 1.54) is 12.8 Å². The lowest BCUT2D eigenvalue weighted by atomic mass is 9.94. The first-order chi connectivity index (χ1) is 9.15. The van der Waals surface area contributed by atoms with Crippen LogP contribution >= 0.6 is 0 Å². The highest BCUT2D eigenvalue weighted by molar-refractivity contribution is 5.30. The van der Waals surface area contributed by atoms with Crippen LogP contribution in [0.2, 0.25) is 0 Å². The molecule has 0 saturated heterocycles. The van der Waals surface area contributed by atoms with Gasteiger partial charge in [-0.25, -0.2) is 0 Å². The second-order valence-corrected chi connectivity index (χ2v) is 5.47. The molecule has 4 nitrogen and oxygen atoms in total. The van der Waals surface area contributed by atoms with E-state index in [2.05, 4.69) is 31.4 Å². The van der Waals surface area contributed by atoms with Gasteiger partial charge in [-0.3, -0.25) is 11.3 Å². The number of rotatable bonds is 7. The van der Waals surface area contributed by atoms with Crippen LogP contribution in [0.3, 0.4) is 0 Å². The Hall–Kier alpha value is -1.10. The monoisotopic (exact) mass is 264 g/mol. The highest BCUT2D eigenvalue weighted by Crippen LogP contribution is 2.29. The van der Waals surface area contributed by atoms with E-state index in [4.69, 9.17) is 15.3 Å². The molecular weight excluding hydrogens is 240 g/mol. The minimum Gasteiger partial charge on any atom is -0.490 e. The molecule has 0 aromatic heterocycles. The summed E-state index contributed by atoms with van der Waals surface area (Å²) in [5, 5.41) is 0. The summed E-state index contributed by atoms with van der Waals surface area (Å²) in [4.78, 5) is 0. The van der Waals surface area contributed by atoms with Crippen LogP contribution < -0.4 is 16.0 Å². The lowest BCUT2D eigenvalue weighted by molar-refractivity contribution is 0.0326. The number of nitrogens with two attached hydrogens (primary N) is 1. The van der Waals surface area contributed by atoms with E-state index in [-0.39, 0.29) is 12.1 Å². The first-order valence-electron chi connectivity index (χ1n) is 6.91. The molecule has 0 aliphatic heterocycles. The van der Waals surface area contributed by atoms with Crippen molar-refractivity contribution in [2.45, 2.75) is 44.9 Å². The molecule has 0 bridgehead atoms. The van der Waals surface area contributed by atoms with Gasteiger partial charge in [-0.05, 0) is 36.5 Å². The summed E-state index contributed by atoms with van der Waals surface area (Å²) in [6.07, 6.45) is 2.82. The summed E-state index contributed by atoms with van der Waals surface area (Å²) in [5.41, 5.74) is 3.97. The molecular formula is C15H24N2O2. The van der Waals surface area contributed by atoms with E-state index in [0.29, 0.717) is 12.0 Å². The van der Waals surface area contributed by atoms with E-state index in [1.54, 1.807) is 7.11 Å². The second kappa shape index (κ2) is 6.37. The smallest absolute Gasteiger partial charge is 0.119 e. The molecule has 4 heteroatoms. The average molecular weight is 264 g/mol. The molecule has 1 aromatic rings. The summed E-state index contributed by atoms with van der Waals surface area (Å²) in [7, 11) is 1.72. The topological polar surface area (TPSA) is 56.5 Å². The van der Waals surface area contributed by atoms with Crippen molar-refractivity contribution in [1.29, 1.82) is 0 Å². The molecule has 2 rings (SSSR count). The Bertz CT molecular complexity index is 388. The summed E-state index contributed by atoms with van der Waals surface area (Å²) < 4.78 is 11.3. The lowest BCUT2D eigenvalue weighted by Gasteiger charge is -2.28. The van der Waals surface area contributed by atoms with E-state index < -0.39 is 0 Å². The molecule has 106 valence electrons. The number of ether oxygens (including phenoxy) is 2. The van der Waals surface area contributed by atoms with Crippen molar-refractivity contribution < 1.29 is 9.47 Å². The zero-order valence-corrected chi connectivity index (χ0v) is 11.9. The van der Waals surface area contributed by atoms with Crippen LogP contribution in [-0.2, 0) is 4.74 Å². The van der Waals surface area contributed by atoms with Gasteiger partial charge in [-0.15, -0.1) is 0 Å². The van der Waals surface area contributed by atoms with Crippen molar-refractivity contribution in [3.8, 4) is 5.75 Å². The van der Waals surface area contributed by atoms with Gasteiger partial charge in [-0.1, -0.05) is 26.0 Å². The Labute approximate surface area is 115 Å². The van der Waals surface area contributed by atoms with E-state index >= 15 is 0 Å². The van der Waals surface area contributed by atoms with E-state index in [0.717, 1.165) is 11.3 Å². The largest absolute Gasteiger partial charge is 0.490 e. The Balaban J connectivity index is 2.08. The number of nitrogens with one attached hydrogen (secondary N) is 1. The van der Waals surface area contributed by atoms with Crippen LogP contribution in [-0.4, -0.2) is 19.3 Å². The van der Waals surface area contributed by atoms with E-state index in [1.807, 2.05) is 12.1 Å². The number of methoxy groups -OCH3 is 1. The molecule has 1 aliphatic rings. The molecule has 1 fully saturated rings. The van der Waals surface area contributed by atoms with Gasteiger partial charge in [0, 0.05) is 7.11 Å². The highest BCUT2D eigenvalue weighted by Gasteiger charge is 2.26. The molecule has 2 unspecified atom stereocenters. The summed E-state index contributed by atoms with van der Waals surface area (Å²) in [6, 6.07) is 8.10. The first kappa shape index (κ1) is 14.3. The van der Waals surface area contributed by atoms with Crippen molar-refractivity contribution >= 4 is 0 Å². The van der Waals surface area contributed by atoms with Crippen molar-refractivity contribution in [3.63, 3.8) is 0 Å². The minimum absolute atomic E-state index is 0.0139. The molecule has 0 spiro atoms. The molecule has 0 amide bonds. The van der Waals surface area contributed by atoms with Crippen molar-refractivity contribution in [2.24, 2.45) is 11.8 Å². The maximum atomic E-state index is 5.75. The van der Waals surface area contributed by atoms with Crippen LogP contribution in [0, 0.1) is 5.92 Å². The molecule has 1 aromatic carbocycles. The van der Waals surface area contributed by atoms with Crippen molar-refractivity contribution in [2.75, 3.05) is 7.11 Å². The second-order valence-electron chi connectivity index (χ2n) is 5.47. The standard InChI is InChI=1S/C15H24N2O2/c1-10(2)15(18-3)14(17-16)11-4-6-12(7-5-11)19-13-8-9-13/h4-7,10,13-15,17H,8-9,16H2,1-3H3. The number of benzene rings is 1. The Morgan fingerprint density at radius 1 is 1.21 bits per heavy atom. The fourth-order valence-electron chi connectivity index (χ4n) is 2.31. The van der Waals surface area contributed by atoms with Crippen LogP contribution in [0.5, 0.6) is 5.75 Å². The van der Waals surface area contributed by atoms with Gasteiger partial charge in [0.05, 0.1) is 18.2 Å². The van der Waals surface area contributed by atoms with Gasteiger partial charge in [0.15, 0.2) is 0 Å². The number of hydrogen-bond acceptors (Lipinski definition) is 4. The maximum Gasteiger partial charge on any atom is 0.119 e. The zero-order valence-electron chi connectivity index (χ0n) is 11.9. The predicted molar refractivity (Wildman–Crippen MR) is 75.8 cm³/mol. The van der Waals surface area contributed by atoms with Crippen LogP contribution in [0.4, 0.5) is 0 Å². The molecule has 1 aliphatic carbocycles. The van der Waals surface area contributed by atoms with Gasteiger partial charge >= 0.3 is 0 Å². The summed E-state index contributed by atoms with van der Waals surface area (Å²) >= 11 is 0. The Morgan fingerprint density at radius 2 is 1.84 bits per heavy atom. The SMILES string of the molecule is COC(C(C)C)C(NN)c1ccc(OC2CC2)cc1. The fraction of sp³-hybridized carbons (Fsp3) is 0.600. The fourth-order valence-corrected chi connectivity index (χ4v) is 2.31. The quantitative estimate of drug-likeness (QED) is 0.586. The van der Waals surface area contributed by atoms with Crippen molar-refractivity contribution in [1.82, 2.24) is 5.43 Å². The third kappa shape index (κ3) is 3.69. The predicted octanol–water partition coefficient (Wildman–Crippen LogP) is 2.40. The number of hydrogen-bond donors (Lipinski definition) is 2. The number of hydrazine groups is 1. The normalized spacial score (nSPS) is 18.4. The first-order valence-corrected chi connectivity index (χ1v) is 6.91. The van der Waals surface area contributed by atoms with Gasteiger partial charge in [0.1, 0.15) is 5.75 Å². The summed E-state index contributed by atoms with van der Waals surface area (Å²) in [6.45, 7) is 4.26. The minimum atomic E-state index is -0.0139. The van der Waals surface area contributed by atoms with Gasteiger partial charge in [0.2, 0.25) is 0 Å². The highest BCUT2D eigenvalue weighted by atomic mass is 16.5. The molecule has 1 saturated carbocycles. The van der Waals surface area contributed by atoms with Gasteiger partial charge in [0.25, 0.3) is 0 Å². The van der Waals surface area contributed by atoms with E-state index in [9.17, 15) is 0 Å². The molecule has 0 radical (unpaired) electrons. The summed E-state index contributed by atoms with van der Waals surface area (Å²) in [5.74, 6) is 7.00. The van der Waals surface area contributed by atoms with Crippen LogP contribution in [0.15, 0.2) is 24.3 Å². The third-order valence-electron chi connectivity index (χ3n) is 3.50. The molecule has 19 heavy (non-hydrogen) atoms. The van der Waals surface area contributed by atoms with Crippen LogP contribution in [0.1, 0.15) is 38.3 Å². The zero-order chi connectivity index (χ0) is 13.8. The molecule has 3 N–H and O–H groups in total. The van der Waals surface area contributed by atoms with Crippen LogP contribution in [0.25, 0.3) is 0 Å². The molecule has 2 atom stereocenters. The van der Waals surface area contributed by atoms with Gasteiger partial charge in [-0.2, -0.15) is 0 Å².